The van der Waals surface area contributed by atoms with Crippen LogP contribution >= 0.6 is 11.3 Å². The lowest BCUT2D eigenvalue weighted by atomic mass is 9.95. The van der Waals surface area contributed by atoms with Crippen LogP contribution in [0.2, 0.25) is 0 Å². The first-order valence-electron chi connectivity index (χ1n) is 6.92. The second-order valence-corrected chi connectivity index (χ2v) is 8.09. The molecule has 0 bridgehead atoms. The second-order valence-electron chi connectivity index (χ2n) is 5.41. The Balaban J connectivity index is 1.91. The summed E-state index contributed by atoms with van der Waals surface area (Å²) in [4.78, 5) is 1.45. The van der Waals surface area contributed by atoms with Gasteiger partial charge in [-0.25, -0.2) is 13.1 Å². The van der Waals surface area contributed by atoms with Crippen molar-refractivity contribution in [2.45, 2.75) is 37.1 Å². The quantitative estimate of drug-likeness (QED) is 0.853. The molecule has 1 heterocycles. The maximum absolute atomic E-state index is 12.6. The smallest absolute Gasteiger partial charge is 0.243 e. The van der Waals surface area contributed by atoms with Crippen LogP contribution in [0.1, 0.15) is 34.9 Å². The van der Waals surface area contributed by atoms with Gasteiger partial charge in [-0.15, -0.1) is 11.3 Å². The van der Waals surface area contributed by atoms with Crippen LogP contribution in [0.25, 0.3) is 0 Å². The molecule has 0 radical (unpaired) electrons. The summed E-state index contributed by atoms with van der Waals surface area (Å²) in [5.74, 6) is 0. The fraction of sp³-hybridized carbons (Fsp3) is 0.333. The fourth-order valence-electron chi connectivity index (χ4n) is 2.77. The highest BCUT2D eigenvalue weighted by Crippen LogP contribution is 2.34. The minimum Gasteiger partial charge on any atom is -0.398 e. The molecule has 0 spiro atoms. The van der Waals surface area contributed by atoms with Crippen LogP contribution in [0.3, 0.4) is 0 Å². The summed E-state index contributed by atoms with van der Waals surface area (Å²) in [6, 6.07) is 6.90. The summed E-state index contributed by atoms with van der Waals surface area (Å²) in [5, 5.41) is 2.03. The van der Waals surface area contributed by atoms with E-state index >= 15 is 0 Å². The Kier molecular flexibility index (Phi) is 3.77. The van der Waals surface area contributed by atoms with E-state index in [1.165, 1.54) is 4.88 Å². The van der Waals surface area contributed by atoms with Gasteiger partial charge in [-0.1, -0.05) is 6.07 Å². The van der Waals surface area contributed by atoms with Crippen LogP contribution in [-0.2, 0) is 16.4 Å². The summed E-state index contributed by atoms with van der Waals surface area (Å²) in [5.41, 5.74) is 8.23. The molecule has 1 atom stereocenters. The normalized spacial score (nSPS) is 18.4. The Morgan fingerprint density at radius 2 is 2.14 bits per heavy atom. The molecule has 1 unspecified atom stereocenters. The van der Waals surface area contributed by atoms with Gasteiger partial charge in [-0.3, -0.25) is 0 Å². The predicted molar refractivity (Wildman–Crippen MR) is 85.9 cm³/mol. The van der Waals surface area contributed by atoms with Crippen LogP contribution in [0.4, 0.5) is 5.69 Å². The Morgan fingerprint density at radius 3 is 2.90 bits per heavy atom. The van der Waals surface area contributed by atoms with Gasteiger partial charge in [-0.2, -0.15) is 0 Å². The van der Waals surface area contributed by atoms with E-state index in [0.717, 1.165) is 30.4 Å². The minimum absolute atomic E-state index is 0.147. The van der Waals surface area contributed by atoms with Gasteiger partial charge in [-0.05, 0) is 60.9 Å². The Hall–Kier alpha value is -1.37. The number of rotatable bonds is 3. The van der Waals surface area contributed by atoms with Crippen LogP contribution in [0.15, 0.2) is 34.5 Å². The zero-order valence-electron chi connectivity index (χ0n) is 11.8. The van der Waals surface area contributed by atoms with Crippen molar-refractivity contribution >= 4 is 27.0 Å². The fourth-order valence-corrected chi connectivity index (χ4v) is 5.12. The van der Waals surface area contributed by atoms with E-state index in [9.17, 15) is 8.42 Å². The highest BCUT2D eigenvalue weighted by molar-refractivity contribution is 7.89. The van der Waals surface area contributed by atoms with Gasteiger partial charge in [0.1, 0.15) is 4.90 Å². The molecule has 4 nitrogen and oxygen atoms in total. The number of fused-ring (bicyclic) bond motifs is 1. The Labute approximate surface area is 129 Å². The molecule has 6 heteroatoms. The molecule has 0 saturated heterocycles. The van der Waals surface area contributed by atoms with Crippen molar-refractivity contribution in [1.82, 2.24) is 4.72 Å². The van der Waals surface area contributed by atoms with Crippen molar-refractivity contribution < 1.29 is 8.42 Å². The van der Waals surface area contributed by atoms with E-state index in [-0.39, 0.29) is 10.9 Å². The SMILES string of the molecule is Cc1ccc(S(=O)(=O)NC2CCCc3sccc32)c(N)c1. The molecule has 0 saturated carbocycles. The first kappa shape index (κ1) is 14.6. The molecular formula is C15H18N2O2S2. The molecule has 1 aliphatic carbocycles. The number of hydrogen-bond donors (Lipinski definition) is 2. The van der Waals surface area contributed by atoms with E-state index in [1.807, 2.05) is 18.4 Å². The first-order chi connectivity index (χ1) is 9.97. The lowest BCUT2D eigenvalue weighted by Crippen LogP contribution is -2.31. The number of anilines is 1. The minimum atomic E-state index is -3.60. The van der Waals surface area contributed by atoms with Crippen LogP contribution in [0.5, 0.6) is 0 Å². The lowest BCUT2D eigenvalue weighted by Gasteiger charge is -2.24. The van der Waals surface area contributed by atoms with E-state index in [4.69, 9.17) is 5.73 Å². The van der Waals surface area contributed by atoms with Crippen molar-refractivity contribution in [1.29, 1.82) is 0 Å². The predicted octanol–water partition coefficient (Wildman–Crippen LogP) is 2.99. The maximum Gasteiger partial charge on any atom is 0.243 e. The third kappa shape index (κ3) is 2.84. The Morgan fingerprint density at radius 1 is 1.33 bits per heavy atom. The lowest BCUT2D eigenvalue weighted by molar-refractivity contribution is 0.511. The van der Waals surface area contributed by atoms with Crippen molar-refractivity contribution in [2.75, 3.05) is 5.73 Å². The summed E-state index contributed by atoms with van der Waals surface area (Å²) in [6.45, 7) is 1.89. The van der Waals surface area contributed by atoms with E-state index in [0.29, 0.717) is 5.69 Å². The third-order valence-electron chi connectivity index (χ3n) is 3.80. The second kappa shape index (κ2) is 5.44. The van der Waals surface area contributed by atoms with Crippen molar-refractivity contribution in [2.24, 2.45) is 0 Å². The summed E-state index contributed by atoms with van der Waals surface area (Å²) < 4.78 is 28.0. The van der Waals surface area contributed by atoms with Gasteiger partial charge in [0.2, 0.25) is 10.0 Å². The largest absolute Gasteiger partial charge is 0.398 e. The molecule has 2 aromatic rings. The highest BCUT2D eigenvalue weighted by atomic mass is 32.2. The highest BCUT2D eigenvalue weighted by Gasteiger charge is 2.27. The van der Waals surface area contributed by atoms with Gasteiger partial charge in [0.25, 0.3) is 0 Å². The van der Waals surface area contributed by atoms with Gasteiger partial charge < -0.3 is 5.73 Å². The van der Waals surface area contributed by atoms with Gasteiger partial charge in [0.05, 0.1) is 5.69 Å². The van der Waals surface area contributed by atoms with Crippen molar-refractivity contribution in [3.8, 4) is 0 Å². The van der Waals surface area contributed by atoms with E-state index in [1.54, 1.807) is 29.5 Å². The van der Waals surface area contributed by atoms with Crippen molar-refractivity contribution in [3.05, 3.63) is 45.6 Å². The number of nitrogens with one attached hydrogen (secondary N) is 1. The van der Waals surface area contributed by atoms with E-state index < -0.39 is 10.0 Å². The van der Waals surface area contributed by atoms with Gasteiger partial charge in [0, 0.05) is 10.9 Å². The number of nitrogen functional groups attached to an aromatic ring is 1. The number of nitrogens with two attached hydrogens (primary N) is 1. The van der Waals surface area contributed by atoms with Gasteiger partial charge >= 0.3 is 0 Å². The molecule has 3 rings (SSSR count). The standard InChI is InChI=1S/C15H18N2O2S2/c1-10-5-6-15(12(16)9-10)21(18,19)17-13-3-2-4-14-11(13)7-8-20-14/h5-9,13,17H,2-4,16H2,1H3. The molecule has 1 aliphatic rings. The number of hydrogen-bond acceptors (Lipinski definition) is 4. The molecule has 0 fully saturated rings. The first-order valence-corrected chi connectivity index (χ1v) is 9.28. The molecular weight excluding hydrogens is 304 g/mol. The molecule has 0 aliphatic heterocycles. The number of benzene rings is 1. The average Bonchev–Trinajstić information content (AvgIpc) is 2.87. The molecule has 112 valence electrons. The zero-order valence-corrected chi connectivity index (χ0v) is 13.4. The molecule has 0 amide bonds. The monoisotopic (exact) mass is 322 g/mol. The summed E-state index contributed by atoms with van der Waals surface area (Å²) >= 11 is 1.70. The average molecular weight is 322 g/mol. The Bertz CT molecular complexity index is 766. The molecule has 1 aromatic carbocycles. The molecule has 1 aromatic heterocycles. The van der Waals surface area contributed by atoms with Crippen LogP contribution < -0.4 is 10.5 Å². The van der Waals surface area contributed by atoms with Crippen LogP contribution in [0, 0.1) is 6.92 Å². The topological polar surface area (TPSA) is 72.2 Å². The summed E-state index contributed by atoms with van der Waals surface area (Å²) in [7, 11) is -3.60. The zero-order chi connectivity index (χ0) is 15.0. The molecule has 3 N–H and O–H groups in total. The number of thiophene rings is 1. The number of aryl methyl sites for hydroxylation is 2. The number of sulfonamides is 1. The van der Waals surface area contributed by atoms with Crippen molar-refractivity contribution in [3.63, 3.8) is 0 Å². The third-order valence-corrected chi connectivity index (χ3v) is 6.35. The molecule has 21 heavy (non-hydrogen) atoms. The van der Waals surface area contributed by atoms with Crippen LogP contribution in [-0.4, -0.2) is 8.42 Å². The summed E-state index contributed by atoms with van der Waals surface area (Å²) in [6.07, 6.45) is 2.87. The van der Waals surface area contributed by atoms with Gasteiger partial charge in [0.15, 0.2) is 0 Å². The maximum atomic E-state index is 12.6. The van der Waals surface area contributed by atoms with E-state index in [2.05, 4.69) is 4.72 Å².